The van der Waals surface area contributed by atoms with Crippen molar-refractivity contribution in [2.45, 2.75) is 19.8 Å². The van der Waals surface area contributed by atoms with E-state index in [1.54, 1.807) is 6.20 Å². The summed E-state index contributed by atoms with van der Waals surface area (Å²) in [5, 5.41) is 0. The smallest absolute Gasteiger partial charge is 0.358 e. The van der Waals surface area contributed by atoms with Crippen LogP contribution in [0.1, 0.15) is 19.0 Å². The molecule has 0 aliphatic carbocycles. The maximum absolute atomic E-state index is 4.67. The minimum atomic E-state index is 0. The molecule has 0 fully saturated rings. The molecule has 0 amide bonds. The van der Waals surface area contributed by atoms with Gasteiger partial charge in [-0.3, -0.25) is 0 Å². The van der Waals surface area contributed by atoms with E-state index in [9.17, 15) is 0 Å². The van der Waals surface area contributed by atoms with Crippen molar-refractivity contribution >= 4 is 19.2 Å². The third-order valence-corrected chi connectivity index (χ3v) is 3.11. The van der Waals surface area contributed by atoms with E-state index in [1.165, 1.54) is 0 Å². The predicted molar refractivity (Wildman–Crippen MR) is 82.3 cm³/mol. The number of hydrogen-bond donors (Lipinski definition) is 0. The standard InChI is InChI=1S/C15H16BN4.Ir/c1-2-6-13-7-5-9-15(18-13)20-12-11-19(16-20)14-8-3-4-10-17-14;/h3-5,7-12H,2,6H2,1H3;. The number of aromatic nitrogens is 2. The van der Waals surface area contributed by atoms with Crippen LogP contribution in [0.5, 0.6) is 0 Å². The van der Waals surface area contributed by atoms with Gasteiger partial charge in [0.25, 0.3) is 0 Å². The van der Waals surface area contributed by atoms with Crippen molar-refractivity contribution in [3.63, 3.8) is 0 Å². The van der Waals surface area contributed by atoms with Gasteiger partial charge in [-0.1, -0.05) is 25.5 Å². The third-order valence-electron chi connectivity index (χ3n) is 3.11. The van der Waals surface area contributed by atoms with Crippen LogP contribution in [0.3, 0.4) is 0 Å². The number of pyridine rings is 2. The fraction of sp³-hybridized carbons (Fsp3) is 0.200. The molecule has 4 nitrogen and oxygen atoms in total. The molecule has 0 spiro atoms. The summed E-state index contributed by atoms with van der Waals surface area (Å²) in [5.41, 5.74) is 1.13. The first-order chi connectivity index (χ1) is 9.86. The van der Waals surface area contributed by atoms with Gasteiger partial charge in [-0.2, -0.15) is 0 Å². The van der Waals surface area contributed by atoms with Crippen molar-refractivity contribution in [1.29, 1.82) is 0 Å². The first-order valence-corrected chi connectivity index (χ1v) is 6.84. The van der Waals surface area contributed by atoms with Crippen LogP contribution >= 0.6 is 0 Å². The Labute approximate surface area is 139 Å². The van der Waals surface area contributed by atoms with E-state index in [1.807, 2.05) is 53.8 Å². The first-order valence-electron chi connectivity index (χ1n) is 6.84. The van der Waals surface area contributed by atoms with Crippen LogP contribution in [-0.4, -0.2) is 17.5 Å². The molecule has 0 bridgehead atoms. The Morgan fingerprint density at radius 2 is 1.76 bits per heavy atom. The minimum absolute atomic E-state index is 0. The molecule has 0 atom stereocenters. The molecule has 0 N–H and O–H groups in total. The van der Waals surface area contributed by atoms with Gasteiger partial charge >= 0.3 is 7.55 Å². The second-order valence-corrected chi connectivity index (χ2v) is 4.65. The van der Waals surface area contributed by atoms with Gasteiger partial charge in [0.15, 0.2) is 0 Å². The average Bonchev–Trinajstić information content (AvgIpc) is 2.99. The fourth-order valence-electron chi connectivity index (χ4n) is 2.14. The Bertz CT molecular complexity index is 606. The van der Waals surface area contributed by atoms with Gasteiger partial charge in [-0.25, -0.2) is 9.97 Å². The molecular weight excluding hydrogens is 439 g/mol. The SMILES string of the molecule is CCCc1cccc(N2[B]N(c3ccccn3)C=C2)n1.[Ir]. The van der Waals surface area contributed by atoms with E-state index in [2.05, 4.69) is 29.0 Å². The topological polar surface area (TPSA) is 32.3 Å². The van der Waals surface area contributed by atoms with E-state index >= 15 is 0 Å². The maximum atomic E-state index is 4.67. The Kier molecular flexibility index (Phi) is 5.54. The predicted octanol–water partition coefficient (Wildman–Crippen LogP) is 2.76. The van der Waals surface area contributed by atoms with E-state index in [0.29, 0.717) is 0 Å². The molecule has 21 heavy (non-hydrogen) atoms. The summed E-state index contributed by atoms with van der Waals surface area (Å²) in [7, 11) is 1.99. The number of rotatable bonds is 4. The van der Waals surface area contributed by atoms with Crippen LogP contribution in [0.25, 0.3) is 0 Å². The zero-order valence-corrected chi connectivity index (χ0v) is 14.2. The number of hydrogen-bond acceptors (Lipinski definition) is 4. The molecule has 0 saturated carbocycles. The van der Waals surface area contributed by atoms with Gasteiger partial charge < -0.3 is 9.62 Å². The van der Waals surface area contributed by atoms with Gasteiger partial charge in [-0.15, -0.1) is 0 Å². The molecule has 2 aromatic rings. The largest absolute Gasteiger partial charge is 0.402 e. The molecule has 1 aliphatic rings. The summed E-state index contributed by atoms with van der Waals surface area (Å²) in [6.45, 7) is 2.17. The van der Waals surface area contributed by atoms with Gasteiger partial charge in [-0.05, 0) is 30.7 Å². The van der Waals surface area contributed by atoms with Crippen molar-refractivity contribution in [2.24, 2.45) is 0 Å². The zero-order valence-electron chi connectivity index (χ0n) is 11.8. The summed E-state index contributed by atoms with van der Waals surface area (Å²) in [6, 6.07) is 12.0. The van der Waals surface area contributed by atoms with Gasteiger partial charge in [0.1, 0.15) is 11.6 Å². The van der Waals surface area contributed by atoms with E-state index in [0.717, 1.165) is 30.2 Å². The number of nitrogens with zero attached hydrogens (tertiary/aromatic N) is 4. The summed E-state index contributed by atoms with van der Waals surface area (Å²) >= 11 is 0. The Morgan fingerprint density at radius 1 is 1.00 bits per heavy atom. The normalized spacial score (nSPS) is 13.0. The van der Waals surface area contributed by atoms with E-state index in [4.69, 9.17) is 0 Å². The van der Waals surface area contributed by atoms with Crippen molar-refractivity contribution in [3.05, 3.63) is 60.7 Å². The maximum Gasteiger partial charge on any atom is 0.402 e. The summed E-state index contributed by atoms with van der Waals surface area (Å²) < 4.78 is 0. The molecule has 1 aliphatic heterocycles. The molecule has 108 valence electrons. The van der Waals surface area contributed by atoms with Crippen LogP contribution in [0.4, 0.5) is 11.6 Å². The second kappa shape index (κ2) is 7.39. The Morgan fingerprint density at radius 3 is 2.48 bits per heavy atom. The fourth-order valence-corrected chi connectivity index (χ4v) is 2.14. The first kappa shape index (κ1) is 15.7. The molecule has 3 heterocycles. The summed E-state index contributed by atoms with van der Waals surface area (Å²) in [6.07, 6.45) is 7.88. The van der Waals surface area contributed by atoms with Crippen molar-refractivity contribution in [3.8, 4) is 0 Å². The summed E-state index contributed by atoms with van der Waals surface area (Å²) in [5.74, 6) is 1.83. The van der Waals surface area contributed by atoms with Gasteiger partial charge in [0.2, 0.25) is 0 Å². The molecule has 0 aromatic carbocycles. The Balaban J connectivity index is 0.00000161. The zero-order chi connectivity index (χ0) is 13.8. The molecule has 0 saturated heterocycles. The monoisotopic (exact) mass is 456 g/mol. The minimum Gasteiger partial charge on any atom is -0.358 e. The van der Waals surface area contributed by atoms with Crippen LogP contribution in [0, 0.1) is 0 Å². The van der Waals surface area contributed by atoms with Crippen LogP contribution in [-0.2, 0) is 26.5 Å². The average molecular weight is 455 g/mol. The summed E-state index contributed by atoms with van der Waals surface area (Å²) in [4.78, 5) is 13.0. The molecule has 6 heteroatoms. The third kappa shape index (κ3) is 3.71. The second-order valence-electron chi connectivity index (χ2n) is 4.65. The number of anilines is 2. The van der Waals surface area contributed by atoms with Gasteiger partial charge in [0.05, 0.1) is 0 Å². The molecule has 2 radical (unpaired) electrons. The van der Waals surface area contributed by atoms with E-state index < -0.39 is 0 Å². The van der Waals surface area contributed by atoms with Crippen molar-refractivity contribution in [1.82, 2.24) is 9.97 Å². The van der Waals surface area contributed by atoms with Crippen molar-refractivity contribution in [2.75, 3.05) is 9.62 Å². The number of aryl methyl sites for hydroxylation is 1. The van der Waals surface area contributed by atoms with E-state index in [-0.39, 0.29) is 20.1 Å². The van der Waals surface area contributed by atoms with Crippen molar-refractivity contribution < 1.29 is 20.1 Å². The van der Waals surface area contributed by atoms with Crippen LogP contribution < -0.4 is 9.62 Å². The van der Waals surface area contributed by atoms with Gasteiger partial charge in [0, 0.05) is 44.4 Å². The van der Waals surface area contributed by atoms with Crippen LogP contribution in [0.2, 0.25) is 0 Å². The molecule has 0 unspecified atom stereocenters. The Hall–Kier alpha value is -1.65. The molecule has 2 aromatic heterocycles. The molecule has 3 rings (SSSR count). The quantitative estimate of drug-likeness (QED) is 0.664. The van der Waals surface area contributed by atoms with Crippen LogP contribution in [0.15, 0.2) is 55.0 Å². The molecular formula is C15H16BIrN4.